The molecule has 2 heterocycles. The number of primary amides is 2. The summed E-state index contributed by atoms with van der Waals surface area (Å²) in [7, 11) is 4.86. The van der Waals surface area contributed by atoms with E-state index in [-0.39, 0.29) is 83.1 Å². The number of allylic oxidation sites excluding steroid dienone is 4. The quantitative estimate of drug-likeness (QED) is 0.0350. The van der Waals surface area contributed by atoms with Gasteiger partial charge in [0.2, 0.25) is 29.6 Å². The van der Waals surface area contributed by atoms with E-state index in [4.69, 9.17) is 43.1 Å². The number of fused-ring (bicyclic) bond motifs is 2. The Morgan fingerprint density at radius 3 is 1.64 bits per heavy atom. The lowest BCUT2D eigenvalue weighted by molar-refractivity contribution is -0.131. The Morgan fingerprint density at radius 2 is 1.23 bits per heavy atom. The molecular weight excluding hydrogens is 899 g/mol. The Kier molecular flexibility index (Phi) is 22.5. The second-order valence-corrected chi connectivity index (χ2v) is 15.4. The maximum atomic E-state index is 13.7. The fourth-order valence-electron chi connectivity index (χ4n) is 6.89. The maximum absolute atomic E-state index is 13.7. The number of methoxy groups -OCH3 is 1. The van der Waals surface area contributed by atoms with Crippen molar-refractivity contribution in [3.8, 4) is 11.5 Å². The summed E-state index contributed by atoms with van der Waals surface area (Å²) in [5.41, 5.74) is 31.4. The minimum Gasteiger partial charge on any atom is -0.494 e. The third kappa shape index (κ3) is 15.3. The summed E-state index contributed by atoms with van der Waals surface area (Å²) < 4.78 is 15.3. The predicted octanol–water partition coefficient (Wildman–Crippen LogP) is 3.12. The Labute approximate surface area is 408 Å². The topological polar surface area (TPSA) is 334 Å². The van der Waals surface area contributed by atoms with Gasteiger partial charge in [0.1, 0.15) is 40.6 Å². The molecule has 0 saturated carbocycles. The first-order chi connectivity index (χ1) is 33.5. The normalized spacial score (nSPS) is 12.8. The van der Waals surface area contributed by atoms with E-state index in [0.29, 0.717) is 67.0 Å². The molecule has 13 N–H and O–H groups in total. The molecular formula is C48H69N15O7. The van der Waals surface area contributed by atoms with E-state index >= 15 is 0 Å². The molecule has 22 heteroatoms. The highest BCUT2D eigenvalue weighted by Crippen LogP contribution is 2.33. The molecule has 0 spiro atoms. The van der Waals surface area contributed by atoms with Gasteiger partial charge in [-0.05, 0) is 96.6 Å². The standard InChI is InChI=1S/C46H63N15O7.C2H6/c1-8-53-34(21-27(3)48)42(64)57-45-55-32-23-29(40(50)62)25-36(67-7)38(32)60(45)18-10-11-19-61-39-33(56-46(61)58-43(65)35(54-9-2)22-28(4)49)24-30(41(51)63)26-37(39)68-20-13-12-17-59(6)44(66)31(52-5)15-14-16-47;1-2/h10-13,21-26,31,52H,8-9,14-20,47-49H2,1-7H3,(H2,50,62)(H2,51,63)(H,55,57,64)(H,56,58,65);1-2H3/b11-10+,13-12+,27-21-,28-22-,53-34?,54-35?;. The maximum Gasteiger partial charge on any atom is 0.276 e. The number of hydrogen-bond acceptors (Lipinski definition) is 15. The molecule has 0 saturated heterocycles. The van der Waals surface area contributed by atoms with Crippen LogP contribution in [-0.4, -0.2) is 125 Å². The average molecular weight is 968 g/mol. The fourth-order valence-corrected chi connectivity index (χ4v) is 6.89. The predicted molar refractivity (Wildman–Crippen MR) is 276 cm³/mol. The molecule has 4 rings (SSSR count). The van der Waals surface area contributed by atoms with Gasteiger partial charge in [-0.25, -0.2) is 9.97 Å². The highest BCUT2D eigenvalue weighted by molar-refractivity contribution is 6.47. The largest absolute Gasteiger partial charge is 0.494 e. The number of amides is 5. The summed E-state index contributed by atoms with van der Waals surface area (Å²) in [6, 6.07) is 5.57. The SMILES string of the molecule is CC.CCN=C(/C=C(/C)N)C(=O)Nc1nc2cc(C(N)=O)cc(OC)c2n1C/C=C/Cn1c(NC(=O)C(/C=C(/C)N)=NCC)nc2cc(C(N)=O)cc(OC/C=C/CN(C)C(=O)C(CCCN)NC)c21. The van der Waals surface area contributed by atoms with Crippen LogP contribution in [0, 0.1) is 0 Å². The number of carbonyl (C=O) groups excluding carboxylic acids is 5. The molecule has 0 aliphatic rings. The minimum atomic E-state index is -0.738. The molecule has 0 aliphatic carbocycles. The van der Waals surface area contributed by atoms with Crippen molar-refractivity contribution in [2.24, 2.45) is 38.7 Å². The molecule has 4 aromatic rings. The van der Waals surface area contributed by atoms with Crippen molar-refractivity contribution >= 4 is 74.9 Å². The van der Waals surface area contributed by atoms with Crippen LogP contribution in [0.5, 0.6) is 11.5 Å². The molecule has 22 nitrogen and oxygen atoms in total. The van der Waals surface area contributed by atoms with Gasteiger partial charge in [-0.15, -0.1) is 0 Å². The number of nitrogens with zero attached hydrogens (tertiary/aromatic N) is 7. The molecule has 1 atom stereocenters. The summed E-state index contributed by atoms with van der Waals surface area (Å²) >= 11 is 0. The molecule has 0 fully saturated rings. The Morgan fingerprint density at radius 1 is 0.757 bits per heavy atom. The van der Waals surface area contributed by atoms with Crippen molar-refractivity contribution in [1.82, 2.24) is 29.3 Å². The molecule has 0 bridgehead atoms. The van der Waals surface area contributed by atoms with E-state index in [1.54, 1.807) is 80.1 Å². The number of aromatic nitrogens is 4. The van der Waals surface area contributed by atoms with Gasteiger partial charge in [-0.3, -0.25) is 44.6 Å². The second-order valence-electron chi connectivity index (χ2n) is 15.4. The molecule has 378 valence electrons. The molecule has 70 heavy (non-hydrogen) atoms. The van der Waals surface area contributed by atoms with Crippen LogP contribution in [0.15, 0.2) is 82.1 Å². The van der Waals surface area contributed by atoms with Crippen LogP contribution >= 0.6 is 0 Å². The minimum absolute atomic E-state index is 0.0192. The number of hydrogen-bond donors (Lipinski definition) is 8. The summed E-state index contributed by atoms with van der Waals surface area (Å²) in [5.74, 6) is -2.05. The van der Waals surface area contributed by atoms with E-state index in [1.165, 1.54) is 43.5 Å². The van der Waals surface area contributed by atoms with Gasteiger partial charge >= 0.3 is 0 Å². The molecule has 1 unspecified atom stereocenters. The Hall–Kier alpha value is -7.85. The summed E-state index contributed by atoms with van der Waals surface area (Å²) in [5, 5.41) is 8.69. The molecule has 0 radical (unpaired) electrons. The zero-order valence-electron chi connectivity index (χ0n) is 41.6. The van der Waals surface area contributed by atoms with Crippen LogP contribution in [-0.2, 0) is 27.5 Å². The monoisotopic (exact) mass is 968 g/mol. The summed E-state index contributed by atoms with van der Waals surface area (Å²) in [6.07, 6.45) is 11.3. The van der Waals surface area contributed by atoms with Gasteiger partial charge in [-0.1, -0.05) is 32.1 Å². The lowest BCUT2D eigenvalue weighted by atomic mass is 10.1. The van der Waals surface area contributed by atoms with Gasteiger partial charge in [0.05, 0.1) is 24.2 Å². The second kappa shape index (κ2) is 27.8. The van der Waals surface area contributed by atoms with Gasteiger partial charge in [-0.2, -0.15) is 0 Å². The van der Waals surface area contributed by atoms with Crippen molar-refractivity contribution in [3.63, 3.8) is 0 Å². The first-order valence-corrected chi connectivity index (χ1v) is 22.8. The average Bonchev–Trinajstić information content (AvgIpc) is 3.85. The smallest absolute Gasteiger partial charge is 0.276 e. The number of aliphatic imine (C=N–C) groups is 2. The van der Waals surface area contributed by atoms with Crippen LogP contribution in [0.2, 0.25) is 0 Å². The number of likely N-dealkylation sites (N-methyl/N-ethyl adjacent to an activating group) is 2. The van der Waals surface area contributed by atoms with Crippen LogP contribution < -0.4 is 54.1 Å². The van der Waals surface area contributed by atoms with E-state index in [1.807, 2.05) is 13.8 Å². The van der Waals surface area contributed by atoms with Gasteiger partial charge in [0.25, 0.3) is 11.8 Å². The van der Waals surface area contributed by atoms with Gasteiger partial charge in [0.15, 0.2) is 0 Å². The Bertz CT molecular complexity index is 2680. The van der Waals surface area contributed by atoms with Crippen LogP contribution in [0.1, 0.15) is 75.1 Å². The molecule has 0 aliphatic heterocycles. The van der Waals surface area contributed by atoms with Gasteiger partial charge in [0, 0.05) is 62.3 Å². The van der Waals surface area contributed by atoms with Crippen LogP contribution in [0.25, 0.3) is 22.1 Å². The number of nitrogens with one attached hydrogen (secondary N) is 3. The van der Waals surface area contributed by atoms with E-state index in [0.717, 1.165) is 0 Å². The van der Waals surface area contributed by atoms with Crippen molar-refractivity contribution in [2.75, 3.05) is 64.6 Å². The third-order valence-corrected chi connectivity index (χ3v) is 10.0. The van der Waals surface area contributed by atoms with Crippen molar-refractivity contribution in [1.29, 1.82) is 0 Å². The first kappa shape index (κ1) is 56.5. The van der Waals surface area contributed by atoms with Crippen molar-refractivity contribution in [3.05, 3.63) is 83.2 Å². The molecule has 5 amide bonds. The Balaban J connectivity index is 0.00000639. The van der Waals surface area contributed by atoms with Crippen LogP contribution in [0.4, 0.5) is 11.9 Å². The highest BCUT2D eigenvalue weighted by atomic mass is 16.5. The number of imidazole rings is 2. The van der Waals surface area contributed by atoms with E-state index in [9.17, 15) is 24.0 Å². The van der Waals surface area contributed by atoms with Gasteiger partial charge < -0.3 is 57.5 Å². The number of carbonyl (C=O) groups is 5. The zero-order valence-corrected chi connectivity index (χ0v) is 41.6. The van der Waals surface area contributed by atoms with Crippen molar-refractivity contribution in [2.45, 2.75) is 73.5 Å². The molecule has 2 aromatic carbocycles. The van der Waals surface area contributed by atoms with E-state index < -0.39 is 23.6 Å². The highest BCUT2D eigenvalue weighted by Gasteiger charge is 2.23. The first-order valence-electron chi connectivity index (χ1n) is 22.8. The number of ether oxygens (including phenoxy) is 2. The third-order valence-electron chi connectivity index (χ3n) is 10.0. The molecule has 2 aromatic heterocycles. The van der Waals surface area contributed by atoms with E-state index in [2.05, 4.69) is 30.9 Å². The number of benzene rings is 2. The fraction of sp³-hybridized carbons (Fsp3) is 0.396. The summed E-state index contributed by atoms with van der Waals surface area (Å²) in [4.78, 5) is 84.7. The number of anilines is 2. The lowest BCUT2D eigenvalue weighted by Gasteiger charge is -2.22. The number of rotatable bonds is 25. The van der Waals surface area contributed by atoms with Crippen molar-refractivity contribution < 1.29 is 33.4 Å². The summed E-state index contributed by atoms with van der Waals surface area (Å²) in [6.45, 7) is 12.4. The zero-order chi connectivity index (χ0) is 52.1. The lowest BCUT2D eigenvalue weighted by Crippen LogP contribution is -2.43. The number of nitrogens with two attached hydrogens (primary N) is 5. The van der Waals surface area contributed by atoms with Crippen LogP contribution in [0.3, 0.4) is 0 Å².